The van der Waals surface area contributed by atoms with Crippen LogP contribution in [0.2, 0.25) is 5.02 Å². The zero-order valence-electron chi connectivity index (χ0n) is 20.9. The zero-order valence-corrected chi connectivity index (χ0v) is 21.6. The van der Waals surface area contributed by atoms with Crippen LogP contribution >= 0.6 is 11.6 Å². The fourth-order valence-corrected chi connectivity index (χ4v) is 4.86. The van der Waals surface area contributed by atoms with Crippen molar-refractivity contribution in [2.24, 2.45) is 0 Å². The van der Waals surface area contributed by atoms with E-state index in [2.05, 4.69) is 31.6 Å². The van der Waals surface area contributed by atoms with E-state index >= 15 is 0 Å². The highest BCUT2D eigenvalue weighted by Gasteiger charge is 2.20. The van der Waals surface area contributed by atoms with Gasteiger partial charge in [0.2, 0.25) is 5.91 Å². The molecule has 0 aliphatic carbocycles. The molecule has 1 aromatic heterocycles. The molecule has 1 unspecified atom stereocenters. The number of amides is 1. The van der Waals surface area contributed by atoms with Gasteiger partial charge in [-0.25, -0.2) is 18.7 Å². The SMILES string of the molecule is CN1CCCC1/C=C/C(=O)Nc1ccc2ncnc(Nc3ccc(F)c(Cl)c3F)c2c1-c1cccc(C#N)c1. The Morgan fingerprint density at radius 3 is 2.77 bits per heavy atom. The van der Waals surface area contributed by atoms with Crippen LogP contribution < -0.4 is 10.6 Å². The second kappa shape index (κ2) is 11.2. The average Bonchev–Trinajstić information content (AvgIpc) is 3.36. The minimum Gasteiger partial charge on any atom is -0.337 e. The van der Waals surface area contributed by atoms with Gasteiger partial charge < -0.3 is 10.6 Å². The van der Waals surface area contributed by atoms with Crippen LogP contribution in [0.1, 0.15) is 18.4 Å². The number of carbonyl (C=O) groups is 1. The van der Waals surface area contributed by atoms with Crippen molar-refractivity contribution in [3.05, 3.63) is 89.2 Å². The lowest BCUT2D eigenvalue weighted by Crippen LogP contribution is -2.23. The van der Waals surface area contributed by atoms with Crippen LogP contribution in [-0.2, 0) is 4.79 Å². The largest absolute Gasteiger partial charge is 0.337 e. The van der Waals surface area contributed by atoms with Gasteiger partial charge in [-0.3, -0.25) is 9.69 Å². The van der Waals surface area contributed by atoms with Gasteiger partial charge in [0.25, 0.3) is 0 Å². The van der Waals surface area contributed by atoms with Crippen molar-refractivity contribution in [1.82, 2.24) is 14.9 Å². The number of anilines is 3. The quantitative estimate of drug-likeness (QED) is 0.214. The molecular weight excluding hydrogens is 522 g/mol. The number of benzene rings is 3. The summed E-state index contributed by atoms with van der Waals surface area (Å²) in [5.41, 5.74) is 2.41. The molecule has 5 rings (SSSR count). The Labute approximate surface area is 228 Å². The van der Waals surface area contributed by atoms with Gasteiger partial charge in [-0.1, -0.05) is 29.8 Å². The molecule has 39 heavy (non-hydrogen) atoms. The molecule has 10 heteroatoms. The molecule has 0 radical (unpaired) electrons. The van der Waals surface area contributed by atoms with Crippen LogP contribution in [0.3, 0.4) is 0 Å². The molecule has 0 spiro atoms. The van der Waals surface area contributed by atoms with Crippen LogP contribution in [0.25, 0.3) is 22.0 Å². The van der Waals surface area contributed by atoms with Gasteiger partial charge in [0.15, 0.2) is 5.82 Å². The predicted molar refractivity (Wildman–Crippen MR) is 148 cm³/mol. The highest BCUT2D eigenvalue weighted by atomic mass is 35.5. The Morgan fingerprint density at radius 2 is 2.00 bits per heavy atom. The third-order valence-corrected chi connectivity index (χ3v) is 7.02. The molecule has 3 aromatic carbocycles. The van der Waals surface area contributed by atoms with Gasteiger partial charge in [0.1, 0.15) is 23.0 Å². The summed E-state index contributed by atoms with van der Waals surface area (Å²) < 4.78 is 28.5. The minimum absolute atomic E-state index is 0.0869. The second-order valence-electron chi connectivity index (χ2n) is 9.18. The molecule has 1 amide bonds. The fourth-order valence-electron chi connectivity index (χ4n) is 4.70. The molecule has 2 N–H and O–H groups in total. The molecular formula is C29H23ClF2N6O. The first-order valence-corrected chi connectivity index (χ1v) is 12.6. The normalized spacial score (nSPS) is 15.5. The number of nitrogens with one attached hydrogen (secondary N) is 2. The summed E-state index contributed by atoms with van der Waals surface area (Å²) in [5.74, 6) is -1.97. The molecule has 1 saturated heterocycles. The third-order valence-electron chi connectivity index (χ3n) is 6.68. The molecule has 1 aliphatic heterocycles. The number of nitrogens with zero attached hydrogens (tertiary/aromatic N) is 4. The van der Waals surface area contributed by atoms with Crippen molar-refractivity contribution >= 4 is 45.6 Å². The van der Waals surface area contributed by atoms with Gasteiger partial charge in [-0.15, -0.1) is 0 Å². The molecule has 1 aliphatic rings. The maximum absolute atomic E-state index is 14.8. The van der Waals surface area contributed by atoms with E-state index in [0.29, 0.717) is 33.3 Å². The van der Waals surface area contributed by atoms with Crippen molar-refractivity contribution in [1.29, 1.82) is 5.26 Å². The number of halogens is 3. The van der Waals surface area contributed by atoms with Crippen molar-refractivity contribution in [2.45, 2.75) is 18.9 Å². The van der Waals surface area contributed by atoms with Crippen LogP contribution in [0.15, 0.2) is 67.0 Å². The van der Waals surface area contributed by atoms with Crippen molar-refractivity contribution in [3.63, 3.8) is 0 Å². The smallest absolute Gasteiger partial charge is 0.248 e. The molecule has 2 heterocycles. The summed E-state index contributed by atoms with van der Waals surface area (Å²) in [6.07, 6.45) is 6.77. The zero-order chi connectivity index (χ0) is 27.5. The maximum Gasteiger partial charge on any atom is 0.248 e. The number of carbonyl (C=O) groups excluding carboxylic acids is 1. The standard InChI is InChI=1S/C29H23ClF2N6O/c1-38-13-3-6-19(38)7-12-24(39)36-22-11-10-21-26(25(22)18-5-2-4-17(14-18)15-33)29(35-16-34-21)37-23-9-8-20(31)27(30)28(23)32/h2,4-5,7-12,14,16,19H,3,6,13H2,1H3,(H,36,39)(H,34,35,37)/b12-7+. The van der Waals surface area contributed by atoms with Gasteiger partial charge in [-0.2, -0.15) is 5.26 Å². The Balaban J connectivity index is 1.63. The summed E-state index contributed by atoms with van der Waals surface area (Å²) >= 11 is 5.79. The Kier molecular flexibility index (Phi) is 7.50. The van der Waals surface area contributed by atoms with Crippen LogP contribution in [0.5, 0.6) is 0 Å². The highest BCUT2D eigenvalue weighted by Crippen LogP contribution is 2.40. The number of hydrogen-bond donors (Lipinski definition) is 2. The maximum atomic E-state index is 14.8. The summed E-state index contributed by atoms with van der Waals surface area (Å²) in [6, 6.07) is 14.9. The number of rotatable bonds is 6. The fraction of sp³-hybridized carbons (Fsp3) is 0.172. The summed E-state index contributed by atoms with van der Waals surface area (Å²) in [4.78, 5) is 23.9. The topological polar surface area (TPSA) is 93.9 Å². The van der Waals surface area contributed by atoms with Crippen molar-refractivity contribution in [3.8, 4) is 17.2 Å². The summed E-state index contributed by atoms with van der Waals surface area (Å²) in [5, 5.41) is 15.2. The molecule has 0 saturated carbocycles. The van der Waals surface area contributed by atoms with E-state index in [4.69, 9.17) is 11.6 Å². The highest BCUT2D eigenvalue weighted by molar-refractivity contribution is 6.31. The summed E-state index contributed by atoms with van der Waals surface area (Å²) in [7, 11) is 2.02. The average molecular weight is 545 g/mol. The van der Waals surface area contributed by atoms with Gasteiger partial charge in [0.05, 0.1) is 28.2 Å². The van der Waals surface area contributed by atoms with Crippen LogP contribution in [0.4, 0.5) is 26.0 Å². The minimum atomic E-state index is -0.970. The summed E-state index contributed by atoms with van der Waals surface area (Å²) in [6.45, 7) is 0.982. The predicted octanol–water partition coefficient (Wildman–Crippen LogP) is 6.43. The molecule has 1 atom stereocenters. The second-order valence-corrected chi connectivity index (χ2v) is 9.56. The van der Waals surface area contributed by atoms with Gasteiger partial charge in [-0.05, 0) is 68.4 Å². The lowest BCUT2D eigenvalue weighted by atomic mass is 9.97. The van der Waals surface area contributed by atoms with E-state index in [-0.39, 0.29) is 23.5 Å². The van der Waals surface area contributed by atoms with Crippen molar-refractivity contribution in [2.75, 3.05) is 24.2 Å². The molecule has 196 valence electrons. The Hall–Kier alpha value is -4.39. The van der Waals surface area contributed by atoms with E-state index < -0.39 is 16.7 Å². The lowest BCUT2D eigenvalue weighted by Gasteiger charge is -2.17. The number of nitriles is 1. The first-order chi connectivity index (χ1) is 18.9. The molecule has 7 nitrogen and oxygen atoms in total. The first-order valence-electron chi connectivity index (χ1n) is 12.2. The Bertz CT molecular complexity index is 1650. The van der Waals surface area contributed by atoms with E-state index in [0.717, 1.165) is 25.5 Å². The molecule has 4 aromatic rings. The number of likely N-dealkylation sites (tertiary alicyclic amines) is 1. The van der Waals surface area contributed by atoms with Crippen LogP contribution in [0, 0.1) is 23.0 Å². The van der Waals surface area contributed by atoms with E-state index in [1.807, 2.05) is 13.1 Å². The third kappa shape index (κ3) is 5.43. The molecule has 1 fully saturated rings. The van der Waals surface area contributed by atoms with Crippen molar-refractivity contribution < 1.29 is 13.6 Å². The van der Waals surface area contributed by atoms with Gasteiger partial charge in [0, 0.05) is 23.4 Å². The first kappa shape index (κ1) is 26.2. The molecule has 0 bridgehead atoms. The lowest BCUT2D eigenvalue weighted by molar-refractivity contribution is -0.111. The van der Waals surface area contributed by atoms with E-state index in [1.54, 1.807) is 36.4 Å². The number of fused-ring (bicyclic) bond motifs is 1. The number of hydrogen-bond acceptors (Lipinski definition) is 6. The van der Waals surface area contributed by atoms with Gasteiger partial charge >= 0.3 is 0 Å². The number of likely N-dealkylation sites (N-methyl/N-ethyl adjacent to an activating group) is 1. The van der Waals surface area contributed by atoms with E-state index in [1.165, 1.54) is 18.5 Å². The Morgan fingerprint density at radius 1 is 1.18 bits per heavy atom. The van der Waals surface area contributed by atoms with Crippen LogP contribution in [-0.4, -0.2) is 40.4 Å². The monoisotopic (exact) mass is 544 g/mol. The van der Waals surface area contributed by atoms with E-state index in [9.17, 15) is 18.8 Å². The number of aromatic nitrogens is 2.